The largest absolute Gasteiger partial charge is 0.369 e. The summed E-state index contributed by atoms with van der Waals surface area (Å²) in [4.78, 5) is 1.25. The first-order chi connectivity index (χ1) is 9.40. The molecule has 21 heavy (non-hydrogen) atoms. The van der Waals surface area contributed by atoms with Gasteiger partial charge in [-0.25, -0.2) is 13.2 Å². The zero-order valence-electron chi connectivity index (χ0n) is 10.7. The third kappa shape index (κ3) is 4.53. The summed E-state index contributed by atoms with van der Waals surface area (Å²) in [6.45, 7) is 3.17. The second-order valence-electron chi connectivity index (χ2n) is 4.06. The van der Waals surface area contributed by atoms with Crippen LogP contribution in [0.3, 0.4) is 0 Å². The molecule has 1 heterocycles. The summed E-state index contributed by atoms with van der Waals surface area (Å²) < 4.78 is 40.5. The first-order valence-corrected chi connectivity index (χ1v) is 7.18. The minimum Gasteiger partial charge on any atom is -0.369 e. The van der Waals surface area contributed by atoms with Gasteiger partial charge in [0, 0.05) is 37.2 Å². The fourth-order valence-corrected chi connectivity index (χ4v) is 2.46. The van der Waals surface area contributed by atoms with Crippen LogP contribution in [-0.2, 0) is 32.7 Å². The molecule has 0 saturated heterocycles. The third-order valence-electron chi connectivity index (χ3n) is 2.71. The van der Waals surface area contributed by atoms with Gasteiger partial charge in [-0.3, -0.25) is 0 Å². The molecule has 0 saturated carbocycles. The van der Waals surface area contributed by atoms with Gasteiger partial charge in [0.25, 0.3) is 6.43 Å². The average molecular weight is 497 g/mol. The third-order valence-corrected chi connectivity index (χ3v) is 3.89. The number of alkyl halides is 2. The summed E-state index contributed by atoms with van der Waals surface area (Å²) >= 11 is 6.37. The predicted octanol–water partition coefficient (Wildman–Crippen LogP) is 5.10. The Hall–Kier alpha value is 0.0939. The predicted molar refractivity (Wildman–Crippen MR) is 79.6 cm³/mol. The second-order valence-corrected chi connectivity index (χ2v) is 5.83. The number of rotatable bonds is 3. The molecule has 0 N–H and O–H groups in total. The van der Waals surface area contributed by atoms with Crippen molar-refractivity contribution >= 4 is 37.6 Å². The molecule has 2 rings (SSSR count). The van der Waals surface area contributed by atoms with E-state index in [-0.39, 0.29) is 44.0 Å². The molecule has 0 atom stereocenters. The Kier molecular flexibility index (Phi) is 7.37. The topological polar surface area (TPSA) is 3.24 Å². The quantitative estimate of drug-likeness (QED) is 0.526. The number of allylic oxidation sites excluding steroid dienone is 3. The van der Waals surface area contributed by atoms with Gasteiger partial charge in [0.15, 0.2) is 0 Å². The molecular formula is C14H9Br2F3NY-. The molecule has 0 fully saturated rings. The molecule has 1 aromatic rings. The van der Waals surface area contributed by atoms with E-state index in [0.717, 1.165) is 0 Å². The number of halogens is 5. The standard InChI is InChI=1S/C14H9Br2F3N.Y/c1-8-11(16)4-5-13(20(8)7-14(18)19)10-3-2-9(15)6-12(10)17;/h2-4,6,14H,1,7H2;/q-1;. The van der Waals surface area contributed by atoms with Crippen LogP contribution in [0.15, 0.2) is 45.5 Å². The van der Waals surface area contributed by atoms with Gasteiger partial charge in [-0.2, -0.15) is 12.2 Å². The Morgan fingerprint density at radius 1 is 1.29 bits per heavy atom. The van der Waals surface area contributed by atoms with E-state index in [1.807, 2.05) is 0 Å². The van der Waals surface area contributed by atoms with E-state index in [4.69, 9.17) is 0 Å². The van der Waals surface area contributed by atoms with Crippen molar-refractivity contribution < 1.29 is 45.9 Å². The van der Waals surface area contributed by atoms with Crippen LogP contribution >= 0.6 is 31.9 Å². The molecule has 0 unspecified atom stereocenters. The molecule has 0 bridgehead atoms. The molecule has 1 aliphatic heterocycles. The number of nitrogens with zero attached hydrogens (tertiary/aromatic N) is 1. The van der Waals surface area contributed by atoms with Gasteiger partial charge in [0.1, 0.15) is 0 Å². The van der Waals surface area contributed by atoms with E-state index in [1.54, 1.807) is 12.1 Å². The van der Waals surface area contributed by atoms with Crippen LogP contribution in [0.5, 0.6) is 0 Å². The maximum atomic E-state index is 14.0. The van der Waals surface area contributed by atoms with E-state index in [0.29, 0.717) is 14.7 Å². The normalized spacial score (nSPS) is 14.8. The van der Waals surface area contributed by atoms with Gasteiger partial charge >= 0.3 is 0 Å². The summed E-state index contributed by atoms with van der Waals surface area (Å²) in [5.41, 5.74) is 0.788. The second kappa shape index (κ2) is 8.09. The van der Waals surface area contributed by atoms with Crippen molar-refractivity contribution in [3.05, 3.63) is 63.0 Å². The number of hydrogen-bond acceptors (Lipinski definition) is 1. The molecule has 0 spiro atoms. The monoisotopic (exact) mass is 495 g/mol. The van der Waals surface area contributed by atoms with E-state index >= 15 is 0 Å². The van der Waals surface area contributed by atoms with Crippen molar-refractivity contribution in [2.75, 3.05) is 6.54 Å². The van der Waals surface area contributed by atoms with Gasteiger partial charge in [-0.15, -0.1) is 22.0 Å². The van der Waals surface area contributed by atoms with Crippen LogP contribution in [0.4, 0.5) is 13.2 Å². The van der Waals surface area contributed by atoms with Gasteiger partial charge in [-0.1, -0.05) is 44.3 Å². The minimum atomic E-state index is -2.57. The zero-order chi connectivity index (χ0) is 14.9. The Balaban J connectivity index is 0.00000220. The van der Waals surface area contributed by atoms with Crippen molar-refractivity contribution in [2.24, 2.45) is 0 Å². The first-order valence-electron chi connectivity index (χ1n) is 5.59. The van der Waals surface area contributed by atoms with Crippen molar-refractivity contribution in [3.8, 4) is 0 Å². The van der Waals surface area contributed by atoms with Gasteiger partial charge in [0.2, 0.25) is 0 Å². The summed E-state index contributed by atoms with van der Waals surface area (Å²) in [5.74, 6) is -0.514. The van der Waals surface area contributed by atoms with Gasteiger partial charge < -0.3 is 4.90 Å². The van der Waals surface area contributed by atoms with Crippen LogP contribution in [0.25, 0.3) is 5.70 Å². The smallest absolute Gasteiger partial charge is 0.256 e. The first kappa shape index (κ1) is 19.1. The summed E-state index contributed by atoms with van der Waals surface area (Å²) in [6, 6.07) is 4.44. The molecule has 1 aliphatic rings. The molecule has 0 amide bonds. The zero-order valence-corrected chi connectivity index (χ0v) is 16.7. The van der Waals surface area contributed by atoms with Crippen molar-refractivity contribution in [3.63, 3.8) is 0 Å². The maximum absolute atomic E-state index is 14.0. The molecule has 109 valence electrons. The summed E-state index contributed by atoms with van der Waals surface area (Å²) in [7, 11) is 0. The van der Waals surface area contributed by atoms with Crippen molar-refractivity contribution in [2.45, 2.75) is 6.43 Å². The van der Waals surface area contributed by atoms with Crippen molar-refractivity contribution in [1.82, 2.24) is 4.90 Å². The van der Waals surface area contributed by atoms with Gasteiger partial charge in [-0.05, 0) is 11.8 Å². The molecular weight excluding hydrogens is 488 g/mol. The number of benzene rings is 1. The fraction of sp³-hybridized carbons (Fsp3) is 0.143. The summed E-state index contributed by atoms with van der Waals surface area (Å²) in [6.07, 6.45) is 1.79. The van der Waals surface area contributed by atoms with Crippen LogP contribution in [0.1, 0.15) is 5.56 Å². The van der Waals surface area contributed by atoms with Gasteiger partial charge in [0.05, 0.1) is 12.4 Å². The molecule has 7 heteroatoms. The Morgan fingerprint density at radius 3 is 2.52 bits per heavy atom. The van der Waals surface area contributed by atoms with Crippen LogP contribution < -0.4 is 0 Å². The summed E-state index contributed by atoms with van der Waals surface area (Å²) in [5, 5.41) is 0. The van der Waals surface area contributed by atoms with Crippen LogP contribution in [0, 0.1) is 11.9 Å². The fourth-order valence-electron chi connectivity index (χ4n) is 1.80. The van der Waals surface area contributed by atoms with E-state index < -0.39 is 18.8 Å². The Bertz CT molecular complexity index is 614. The SMILES string of the molecule is C=C1C(Br)=C[C-]=C(c2ccc(Br)cc2F)N1CC(F)F.[Y]. The Morgan fingerprint density at radius 2 is 1.95 bits per heavy atom. The molecule has 0 aliphatic carbocycles. The van der Waals surface area contributed by atoms with E-state index in [9.17, 15) is 13.2 Å². The van der Waals surface area contributed by atoms with Crippen LogP contribution in [0.2, 0.25) is 0 Å². The van der Waals surface area contributed by atoms with E-state index in [2.05, 4.69) is 44.5 Å². The number of hydrogen-bond donors (Lipinski definition) is 0. The van der Waals surface area contributed by atoms with Crippen molar-refractivity contribution in [1.29, 1.82) is 0 Å². The molecule has 1 radical (unpaired) electrons. The molecule has 0 aromatic heterocycles. The van der Waals surface area contributed by atoms with E-state index in [1.165, 1.54) is 17.0 Å². The van der Waals surface area contributed by atoms with Crippen LogP contribution in [-0.4, -0.2) is 17.9 Å². The molecule has 1 aromatic carbocycles. The minimum absolute atomic E-state index is 0. The average Bonchev–Trinajstić information content (AvgIpc) is 2.36. The Labute approximate surface area is 163 Å². The maximum Gasteiger partial charge on any atom is 0.256 e. The molecule has 1 nitrogen and oxygen atoms in total.